The molecule has 7 heteroatoms. The number of aromatic nitrogens is 1. The molecule has 1 heterocycles. The van der Waals surface area contributed by atoms with Crippen LogP contribution < -0.4 is 11.1 Å². The fraction of sp³-hybridized carbons (Fsp3) is 0.190. The van der Waals surface area contributed by atoms with Crippen molar-refractivity contribution in [2.24, 2.45) is 5.73 Å². The van der Waals surface area contributed by atoms with Crippen molar-refractivity contribution in [2.75, 3.05) is 5.32 Å². The van der Waals surface area contributed by atoms with Gasteiger partial charge in [0, 0.05) is 21.9 Å². The van der Waals surface area contributed by atoms with Crippen molar-refractivity contribution in [2.45, 2.75) is 30.9 Å². The number of carbonyl (C=O) groups excluding carboxylic acids is 2. The normalized spacial score (nSPS) is 10.6. The number of hydrogen-bond acceptors (Lipinski definition) is 5. The first kappa shape index (κ1) is 19.7. The molecule has 0 aliphatic rings. The molecule has 0 saturated carbocycles. The van der Waals surface area contributed by atoms with Gasteiger partial charge in [0.1, 0.15) is 5.76 Å². The first-order chi connectivity index (χ1) is 13.4. The number of thioether (sulfide) groups is 1. The first-order valence-electron chi connectivity index (χ1n) is 8.76. The summed E-state index contributed by atoms with van der Waals surface area (Å²) in [6.07, 6.45) is 0.176. The summed E-state index contributed by atoms with van der Waals surface area (Å²) in [5, 5.41) is 6.87. The summed E-state index contributed by atoms with van der Waals surface area (Å²) in [6.45, 7) is 3.79. The van der Waals surface area contributed by atoms with Crippen LogP contribution in [0.2, 0.25) is 0 Å². The molecule has 3 N–H and O–H groups in total. The van der Waals surface area contributed by atoms with Crippen LogP contribution in [0.25, 0.3) is 0 Å². The number of aryl methyl sites for hydroxylation is 2. The number of primary amides is 1. The van der Waals surface area contributed by atoms with E-state index in [1.807, 2.05) is 32.0 Å². The second kappa shape index (κ2) is 8.75. The predicted molar refractivity (Wildman–Crippen MR) is 109 cm³/mol. The molecule has 3 aromatic rings. The number of nitrogens with zero attached hydrogens (tertiary/aromatic N) is 1. The SMILES string of the molecule is Cc1noc(C)c1CSc1ccccc1C(=O)Nc1ccc(CC(N)=O)cc1. The van der Waals surface area contributed by atoms with E-state index in [0.29, 0.717) is 17.0 Å². The number of amides is 2. The first-order valence-corrected chi connectivity index (χ1v) is 9.75. The Morgan fingerprint density at radius 1 is 1.11 bits per heavy atom. The van der Waals surface area contributed by atoms with Gasteiger partial charge < -0.3 is 15.6 Å². The highest BCUT2D eigenvalue weighted by molar-refractivity contribution is 7.98. The van der Waals surface area contributed by atoms with Gasteiger partial charge in [-0.25, -0.2) is 0 Å². The van der Waals surface area contributed by atoms with E-state index in [2.05, 4.69) is 10.5 Å². The number of carbonyl (C=O) groups is 2. The van der Waals surface area contributed by atoms with E-state index in [4.69, 9.17) is 10.3 Å². The molecule has 0 spiro atoms. The molecule has 0 radical (unpaired) electrons. The lowest BCUT2D eigenvalue weighted by Crippen LogP contribution is -2.14. The maximum Gasteiger partial charge on any atom is 0.256 e. The van der Waals surface area contributed by atoms with Crippen LogP contribution in [0.1, 0.15) is 32.9 Å². The molecule has 0 atom stereocenters. The van der Waals surface area contributed by atoms with Gasteiger partial charge in [0.2, 0.25) is 5.91 Å². The summed E-state index contributed by atoms with van der Waals surface area (Å²) in [5.74, 6) is 0.890. The number of anilines is 1. The molecular weight excluding hydrogens is 374 g/mol. The lowest BCUT2D eigenvalue weighted by molar-refractivity contribution is -0.117. The van der Waals surface area contributed by atoms with E-state index in [1.54, 1.807) is 42.1 Å². The Hall–Kier alpha value is -3.06. The summed E-state index contributed by atoms with van der Waals surface area (Å²) >= 11 is 1.57. The summed E-state index contributed by atoms with van der Waals surface area (Å²) in [4.78, 5) is 24.6. The molecule has 0 unspecified atom stereocenters. The third-order valence-corrected chi connectivity index (χ3v) is 5.38. The Kier molecular flexibility index (Phi) is 6.16. The molecule has 0 aliphatic heterocycles. The fourth-order valence-electron chi connectivity index (χ4n) is 2.74. The van der Waals surface area contributed by atoms with Gasteiger partial charge >= 0.3 is 0 Å². The van der Waals surface area contributed by atoms with Crippen molar-refractivity contribution in [3.05, 3.63) is 76.7 Å². The van der Waals surface area contributed by atoms with Crippen LogP contribution >= 0.6 is 11.8 Å². The van der Waals surface area contributed by atoms with Gasteiger partial charge in [-0.3, -0.25) is 9.59 Å². The summed E-state index contributed by atoms with van der Waals surface area (Å²) in [6, 6.07) is 14.5. The molecule has 0 aliphatic carbocycles. The minimum absolute atomic E-state index is 0.176. The summed E-state index contributed by atoms with van der Waals surface area (Å²) < 4.78 is 5.20. The molecule has 0 saturated heterocycles. The van der Waals surface area contributed by atoms with Crippen molar-refractivity contribution in [1.29, 1.82) is 0 Å². The van der Waals surface area contributed by atoms with Crippen LogP contribution in [0.3, 0.4) is 0 Å². The van der Waals surface area contributed by atoms with Crippen LogP contribution in [0.15, 0.2) is 57.9 Å². The van der Waals surface area contributed by atoms with Crippen molar-refractivity contribution in [3.63, 3.8) is 0 Å². The monoisotopic (exact) mass is 395 g/mol. The number of benzene rings is 2. The molecule has 28 heavy (non-hydrogen) atoms. The molecular formula is C21H21N3O3S. The Morgan fingerprint density at radius 2 is 1.82 bits per heavy atom. The van der Waals surface area contributed by atoms with E-state index in [9.17, 15) is 9.59 Å². The molecule has 144 valence electrons. The van der Waals surface area contributed by atoms with Gasteiger partial charge in [-0.2, -0.15) is 0 Å². The van der Waals surface area contributed by atoms with Crippen molar-refractivity contribution >= 4 is 29.3 Å². The number of hydrogen-bond donors (Lipinski definition) is 2. The van der Waals surface area contributed by atoms with E-state index in [-0.39, 0.29) is 18.2 Å². The average Bonchev–Trinajstić information content (AvgIpc) is 2.99. The molecule has 0 bridgehead atoms. The predicted octanol–water partition coefficient (Wildman–Crippen LogP) is 3.86. The molecule has 2 amide bonds. The second-order valence-corrected chi connectivity index (χ2v) is 7.40. The highest BCUT2D eigenvalue weighted by atomic mass is 32.2. The highest BCUT2D eigenvalue weighted by Crippen LogP contribution is 2.29. The van der Waals surface area contributed by atoms with E-state index in [0.717, 1.165) is 27.5 Å². The number of nitrogens with one attached hydrogen (secondary N) is 1. The molecule has 2 aromatic carbocycles. The number of rotatable bonds is 7. The zero-order valence-corrected chi connectivity index (χ0v) is 16.5. The third-order valence-electron chi connectivity index (χ3n) is 4.28. The van der Waals surface area contributed by atoms with E-state index >= 15 is 0 Å². The average molecular weight is 395 g/mol. The minimum Gasteiger partial charge on any atom is -0.369 e. The van der Waals surface area contributed by atoms with Gasteiger partial charge in [-0.15, -0.1) is 11.8 Å². The molecule has 0 fully saturated rings. The van der Waals surface area contributed by atoms with Gasteiger partial charge in [0.15, 0.2) is 0 Å². The van der Waals surface area contributed by atoms with Crippen LogP contribution in [-0.4, -0.2) is 17.0 Å². The Balaban J connectivity index is 1.71. The maximum atomic E-state index is 12.8. The summed E-state index contributed by atoms with van der Waals surface area (Å²) in [7, 11) is 0. The molecule has 3 rings (SSSR count). The van der Waals surface area contributed by atoms with Gasteiger partial charge in [-0.05, 0) is 43.7 Å². The van der Waals surface area contributed by atoms with Crippen LogP contribution in [-0.2, 0) is 17.0 Å². The van der Waals surface area contributed by atoms with Crippen LogP contribution in [0.4, 0.5) is 5.69 Å². The van der Waals surface area contributed by atoms with Crippen LogP contribution in [0.5, 0.6) is 0 Å². The topological polar surface area (TPSA) is 98.2 Å². The van der Waals surface area contributed by atoms with Crippen molar-refractivity contribution < 1.29 is 14.1 Å². The zero-order valence-electron chi connectivity index (χ0n) is 15.7. The molecule has 1 aromatic heterocycles. The Morgan fingerprint density at radius 3 is 2.46 bits per heavy atom. The zero-order chi connectivity index (χ0) is 20.1. The third kappa shape index (κ3) is 4.80. The van der Waals surface area contributed by atoms with Gasteiger partial charge in [0.25, 0.3) is 5.91 Å². The standard InChI is InChI=1S/C21H21N3O3S/c1-13-18(14(2)27-24-13)12-28-19-6-4-3-5-17(19)21(26)23-16-9-7-15(8-10-16)11-20(22)25/h3-10H,11-12H2,1-2H3,(H2,22,25)(H,23,26). The molecule has 6 nitrogen and oxygen atoms in total. The Bertz CT molecular complexity index is 977. The Labute approximate surface area is 167 Å². The fourth-order valence-corrected chi connectivity index (χ4v) is 3.95. The second-order valence-electron chi connectivity index (χ2n) is 6.38. The van der Waals surface area contributed by atoms with Crippen molar-refractivity contribution in [1.82, 2.24) is 5.16 Å². The lowest BCUT2D eigenvalue weighted by Gasteiger charge is -2.10. The maximum absolute atomic E-state index is 12.8. The number of nitrogens with two attached hydrogens (primary N) is 1. The quantitative estimate of drug-likeness (QED) is 0.592. The van der Waals surface area contributed by atoms with Gasteiger partial charge in [-0.1, -0.05) is 29.4 Å². The smallest absolute Gasteiger partial charge is 0.256 e. The van der Waals surface area contributed by atoms with E-state index in [1.165, 1.54) is 0 Å². The van der Waals surface area contributed by atoms with Crippen LogP contribution in [0, 0.1) is 13.8 Å². The largest absolute Gasteiger partial charge is 0.369 e. The minimum atomic E-state index is -0.388. The lowest BCUT2D eigenvalue weighted by atomic mass is 10.1. The highest BCUT2D eigenvalue weighted by Gasteiger charge is 2.14. The van der Waals surface area contributed by atoms with Crippen molar-refractivity contribution in [3.8, 4) is 0 Å². The summed E-state index contributed by atoms with van der Waals surface area (Å²) in [5.41, 5.74) is 9.17. The van der Waals surface area contributed by atoms with E-state index < -0.39 is 0 Å². The van der Waals surface area contributed by atoms with Gasteiger partial charge in [0.05, 0.1) is 17.7 Å².